The van der Waals surface area contributed by atoms with Crippen molar-refractivity contribution in [3.05, 3.63) is 35.9 Å². The first-order chi connectivity index (χ1) is 11.8. The zero-order valence-electron chi connectivity index (χ0n) is 14.6. The smallest absolute Gasteiger partial charge is 0.379 e. The summed E-state index contributed by atoms with van der Waals surface area (Å²) in [5.74, 6) is -0.904. The summed E-state index contributed by atoms with van der Waals surface area (Å²) in [6.45, 7) is -0.653. The Hall–Kier alpha value is -0.910. The van der Waals surface area contributed by atoms with Crippen LogP contribution in [0.4, 0.5) is 0 Å². The van der Waals surface area contributed by atoms with Crippen LogP contribution in [-0.2, 0) is 24.3 Å². The van der Waals surface area contributed by atoms with Gasteiger partial charge in [0.05, 0.1) is 6.61 Å². The van der Waals surface area contributed by atoms with Gasteiger partial charge >= 0.3 is 12.9 Å². The summed E-state index contributed by atoms with van der Waals surface area (Å²) in [7, 11) is 0. The highest BCUT2D eigenvalue weighted by Gasteiger charge is 2.49. The van der Waals surface area contributed by atoms with E-state index in [9.17, 15) is 14.3 Å². The molecule has 0 amide bonds. The van der Waals surface area contributed by atoms with E-state index in [0.717, 1.165) is 32.1 Å². The molecule has 0 aromatic heterocycles. The number of benzene rings is 1. The van der Waals surface area contributed by atoms with Gasteiger partial charge in [0.25, 0.3) is 0 Å². The molecule has 25 heavy (non-hydrogen) atoms. The van der Waals surface area contributed by atoms with Crippen molar-refractivity contribution in [3.8, 4) is 0 Å². The molecule has 1 unspecified atom stereocenters. The summed E-state index contributed by atoms with van der Waals surface area (Å²) in [6, 6.07) is 8.98. The highest BCUT2D eigenvalue weighted by molar-refractivity contribution is 7.80. The minimum atomic E-state index is -4.50. The number of halogens is 1. The van der Waals surface area contributed by atoms with Crippen LogP contribution in [0.15, 0.2) is 30.3 Å². The molecule has 0 heterocycles. The molecule has 6 nitrogen and oxygen atoms in total. The number of carbonyl (C=O) groups is 1. The van der Waals surface area contributed by atoms with Crippen molar-refractivity contribution in [1.29, 1.82) is 0 Å². The Kier molecular flexibility index (Phi) is 7.06. The monoisotopic (exact) mass is 389 g/mol. The van der Waals surface area contributed by atoms with Crippen molar-refractivity contribution >= 4 is 24.2 Å². The lowest BCUT2D eigenvalue weighted by molar-refractivity contribution is -0.251. The molecule has 0 aliphatic heterocycles. The van der Waals surface area contributed by atoms with Gasteiger partial charge in [0.15, 0.2) is 5.54 Å². The number of rotatable bonds is 7. The molecule has 8 heteroatoms. The Morgan fingerprint density at radius 2 is 1.92 bits per heavy atom. The van der Waals surface area contributed by atoms with Gasteiger partial charge in [0.1, 0.15) is 0 Å². The highest BCUT2D eigenvalue weighted by atomic mass is 35.7. The molecule has 1 aliphatic rings. The van der Waals surface area contributed by atoms with Gasteiger partial charge in [-0.05, 0) is 32.3 Å². The molecule has 0 saturated heterocycles. The quantitative estimate of drug-likeness (QED) is 0.551. The fourth-order valence-electron chi connectivity index (χ4n) is 3.34. The normalized spacial score (nSPS) is 20.7. The van der Waals surface area contributed by atoms with E-state index in [1.807, 2.05) is 13.0 Å². The van der Waals surface area contributed by atoms with E-state index in [1.165, 1.54) is 0 Å². The largest absolute Gasteiger partial charge is 0.476 e. The van der Waals surface area contributed by atoms with E-state index < -0.39 is 18.5 Å². The lowest BCUT2D eigenvalue weighted by Gasteiger charge is -2.44. The van der Waals surface area contributed by atoms with E-state index in [1.54, 1.807) is 36.3 Å². The molecule has 1 fully saturated rings. The third kappa shape index (κ3) is 5.05. The zero-order valence-corrected chi connectivity index (χ0v) is 16.2. The van der Waals surface area contributed by atoms with Crippen LogP contribution in [-0.4, -0.2) is 28.6 Å². The van der Waals surface area contributed by atoms with Crippen LogP contribution in [0, 0.1) is 0 Å². The van der Waals surface area contributed by atoms with Crippen LogP contribution >= 0.6 is 18.2 Å². The first-order valence-electron chi connectivity index (χ1n) is 8.53. The lowest BCUT2D eigenvalue weighted by atomic mass is 9.87. The molecule has 1 saturated carbocycles. The van der Waals surface area contributed by atoms with E-state index in [0.29, 0.717) is 12.2 Å². The van der Waals surface area contributed by atoms with E-state index in [2.05, 4.69) is 0 Å². The highest BCUT2D eigenvalue weighted by Crippen LogP contribution is 2.50. The van der Waals surface area contributed by atoms with Crippen molar-refractivity contribution in [1.82, 2.24) is 5.06 Å². The Balaban J connectivity index is 2.47. The molecule has 2 rings (SSSR count). The maximum atomic E-state index is 12.9. The van der Waals surface area contributed by atoms with Gasteiger partial charge in [-0.2, -0.15) is 5.06 Å². The molecular weight excluding hydrogens is 365 g/mol. The second kappa shape index (κ2) is 8.65. The molecule has 1 aliphatic carbocycles. The Bertz CT molecular complexity index is 617. The second-order valence-electron chi connectivity index (χ2n) is 6.30. The van der Waals surface area contributed by atoms with Gasteiger partial charge in [0.2, 0.25) is 0 Å². The molecule has 1 aromatic rings. The molecule has 1 aromatic carbocycles. The summed E-state index contributed by atoms with van der Waals surface area (Å²) < 4.78 is 16.2. The van der Waals surface area contributed by atoms with Gasteiger partial charge in [-0.25, -0.2) is 9.36 Å². The summed E-state index contributed by atoms with van der Waals surface area (Å²) >= 11 is 5.30. The van der Waals surface area contributed by atoms with E-state index >= 15 is 0 Å². The molecule has 0 spiro atoms. The van der Waals surface area contributed by atoms with Gasteiger partial charge in [0, 0.05) is 17.3 Å². The summed E-state index contributed by atoms with van der Waals surface area (Å²) in [6.07, 6.45) is 5.00. The van der Waals surface area contributed by atoms with Crippen LogP contribution < -0.4 is 0 Å². The van der Waals surface area contributed by atoms with Crippen molar-refractivity contribution in [2.24, 2.45) is 0 Å². The van der Waals surface area contributed by atoms with Crippen molar-refractivity contribution in [2.75, 3.05) is 6.61 Å². The maximum absolute atomic E-state index is 12.9. The van der Waals surface area contributed by atoms with Crippen LogP contribution in [0.25, 0.3) is 0 Å². The number of hydroxylamine groups is 2. The standard InChI is InChI=1S/C17H25ClNO5P/c1-3-23-19(15-12-8-5-9-13-15)17(2,14-10-6-4-7-11-14)16(20)24-25(18,21)22/h4,6-7,10-11,15H,3,5,8-9,12-13H2,1-2H3,(H,21,22)/t17-/m1/s1. The van der Waals surface area contributed by atoms with Gasteiger partial charge in [-0.15, -0.1) is 0 Å². The minimum Gasteiger partial charge on any atom is -0.379 e. The number of carbonyl (C=O) groups excluding carboxylic acids is 1. The van der Waals surface area contributed by atoms with Crippen LogP contribution in [0.1, 0.15) is 51.5 Å². The van der Waals surface area contributed by atoms with Gasteiger partial charge < -0.3 is 9.42 Å². The molecule has 2 atom stereocenters. The van der Waals surface area contributed by atoms with E-state index in [4.69, 9.17) is 20.6 Å². The van der Waals surface area contributed by atoms with Crippen molar-refractivity contribution in [3.63, 3.8) is 0 Å². The number of hydrogen-bond donors (Lipinski definition) is 1. The Morgan fingerprint density at radius 3 is 2.44 bits per heavy atom. The predicted octanol–water partition coefficient (Wildman–Crippen LogP) is 4.37. The molecule has 0 bridgehead atoms. The summed E-state index contributed by atoms with van der Waals surface area (Å²) in [5, 5.41) is 1.64. The Labute approximate surface area is 153 Å². The zero-order chi connectivity index (χ0) is 18.5. The summed E-state index contributed by atoms with van der Waals surface area (Å²) in [5.41, 5.74) is -0.767. The third-order valence-electron chi connectivity index (χ3n) is 4.54. The molecule has 1 N–H and O–H groups in total. The fourth-order valence-corrected chi connectivity index (χ4v) is 3.91. The van der Waals surface area contributed by atoms with Gasteiger partial charge in [-0.1, -0.05) is 49.6 Å². The van der Waals surface area contributed by atoms with E-state index in [-0.39, 0.29) is 6.04 Å². The predicted molar refractivity (Wildman–Crippen MR) is 95.9 cm³/mol. The SMILES string of the molecule is CCON(C1CCCCC1)[C@@](C)(C(=O)OP(=O)(O)Cl)c1ccccc1. The lowest BCUT2D eigenvalue weighted by Crippen LogP contribution is -2.55. The van der Waals surface area contributed by atoms with Crippen LogP contribution in [0.5, 0.6) is 0 Å². The first kappa shape index (κ1) is 20.4. The minimum absolute atomic E-state index is 0.0138. The first-order valence-corrected chi connectivity index (χ1v) is 11.0. The molecular formula is C17H25ClNO5P. The molecule has 140 valence electrons. The second-order valence-corrected chi connectivity index (χ2v) is 8.67. The van der Waals surface area contributed by atoms with Crippen LogP contribution in [0.3, 0.4) is 0 Å². The molecule has 0 radical (unpaired) electrons. The average molecular weight is 390 g/mol. The average Bonchev–Trinajstić information content (AvgIpc) is 2.59. The van der Waals surface area contributed by atoms with Crippen molar-refractivity contribution < 1.29 is 23.6 Å². The third-order valence-corrected chi connectivity index (χ3v) is 5.14. The van der Waals surface area contributed by atoms with Crippen molar-refractivity contribution in [2.45, 2.75) is 57.5 Å². The fraction of sp³-hybridized carbons (Fsp3) is 0.588. The van der Waals surface area contributed by atoms with Crippen LogP contribution in [0.2, 0.25) is 0 Å². The van der Waals surface area contributed by atoms with Gasteiger partial charge in [-0.3, -0.25) is 4.84 Å². The number of hydrogen-bond acceptors (Lipinski definition) is 5. The summed E-state index contributed by atoms with van der Waals surface area (Å²) in [4.78, 5) is 28.1. The number of nitrogens with zero attached hydrogens (tertiary/aromatic N) is 1. The maximum Gasteiger partial charge on any atom is 0.476 e. The Morgan fingerprint density at radius 1 is 1.32 bits per heavy atom. The topological polar surface area (TPSA) is 76.1 Å².